The SMILES string of the molecule is Cc1cc(N=NNc2cccc(Cl)c2Cl)no1. The van der Waals surface area contributed by atoms with Crippen LogP contribution in [-0.2, 0) is 0 Å². The summed E-state index contributed by atoms with van der Waals surface area (Å²) in [5.41, 5.74) is 3.24. The van der Waals surface area contributed by atoms with Crippen molar-refractivity contribution in [2.24, 2.45) is 10.3 Å². The maximum atomic E-state index is 5.95. The Labute approximate surface area is 107 Å². The molecule has 1 aromatic carbocycles. The number of anilines is 1. The summed E-state index contributed by atoms with van der Waals surface area (Å²) >= 11 is 11.8. The van der Waals surface area contributed by atoms with Crippen molar-refractivity contribution in [3.8, 4) is 0 Å². The topological polar surface area (TPSA) is 62.8 Å². The third-order valence-electron chi connectivity index (χ3n) is 1.89. The molecule has 0 saturated heterocycles. The van der Waals surface area contributed by atoms with Crippen molar-refractivity contribution in [1.29, 1.82) is 0 Å². The molecular formula is C10H8Cl2N4O. The van der Waals surface area contributed by atoms with E-state index >= 15 is 0 Å². The van der Waals surface area contributed by atoms with E-state index in [1.165, 1.54) is 0 Å². The normalized spacial score (nSPS) is 11.0. The van der Waals surface area contributed by atoms with Crippen LogP contribution in [0.3, 0.4) is 0 Å². The summed E-state index contributed by atoms with van der Waals surface area (Å²) in [6.07, 6.45) is 0. The first kappa shape index (κ1) is 11.9. The Hall–Kier alpha value is -1.59. The van der Waals surface area contributed by atoms with Crippen molar-refractivity contribution in [3.05, 3.63) is 40.1 Å². The van der Waals surface area contributed by atoms with Crippen LogP contribution in [0.4, 0.5) is 11.5 Å². The smallest absolute Gasteiger partial charge is 0.218 e. The van der Waals surface area contributed by atoms with Gasteiger partial charge in [0.05, 0.1) is 15.7 Å². The highest BCUT2D eigenvalue weighted by Gasteiger charge is 2.03. The zero-order valence-electron chi connectivity index (χ0n) is 8.82. The van der Waals surface area contributed by atoms with Gasteiger partial charge in [-0.15, -0.1) is 5.11 Å². The second-order valence-corrected chi connectivity index (χ2v) is 3.99. The summed E-state index contributed by atoms with van der Waals surface area (Å²) in [4.78, 5) is 0. The minimum absolute atomic E-state index is 0.383. The van der Waals surface area contributed by atoms with Gasteiger partial charge < -0.3 is 4.52 Å². The van der Waals surface area contributed by atoms with Gasteiger partial charge in [-0.05, 0) is 19.1 Å². The number of aromatic nitrogens is 1. The Morgan fingerprint density at radius 3 is 2.88 bits per heavy atom. The summed E-state index contributed by atoms with van der Waals surface area (Å²) in [5, 5.41) is 12.0. The quantitative estimate of drug-likeness (QED) is 0.664. The maximum absolute atomic E-state index is 5.95. The number of nitrogens with zero attached hydrogens (tertiary/aromatic N) is 3. The van der Waals surface area contributed by atoms with Crippen molar-refractivity contribution in [2.75, 3.05) is 5.43 Å². The highest BCUT2D eigenvalue weighted by Crippen LogP contribution is 2.29. The van der Waals surface area contributed by atoms with E-state index in [0.29, 0.717) is 27.3 Å². The molecule has 7 heteroatoms. The van der Waals surface area contributed by atoms with Gasteiger partial charge >= 0.3 is 0 Å². The molecule has 0 aliphatic rings. The Kier molecular flexibility index (Phi) is 3.61. The molecule has 0 bridgehead atoms. The maximum Gasteiger partial charge on any atom is 0.218 e. The molecule has 0 spiro atoms. The summed E-state index contributed by atoms with van der Waals surface area (Å²) in [6, 6.07) is 6.84. The molecule has 0 atom stereocenters. The van der Waals surface area contributed by atoms with Gasteiger partial charge in [0, 0.05) is 6.07 Å². The van der Waals surface area contributed by atoms with Gasteiger partial charge in [-0.25, -0.2) is 0 Å². The third kappa shape index (κ3) is 2.95. The van der Waals surface area contributed by atoms with E-state index in [1.807, 2.05) is 0 Å². The molecule has 0 fully saturated rings. The molecule has 0 aliphatic heterocycles. The van der Waals surface area contributed by atoms with Gasteiger partial charge in [0.2, 0.25) is 5.82 Å². The fraction of sp³-hybridized carbons (Fsp3) is 0.100. The number of hydrogen-bond acceptors (Lipinski definition) is 4. The Morgan fingerprint density at radius 2 is 2.18 bits per heavy atom. The molecule has 2 rings (SSSR count). The largest absolute Gasteiger partial charge is 0.359 e. The molecule has 2 aromatic rings. The van der Waals surface area contributed by atoms with E-state index < -0.39 is 0 Å². The van der Waals surface area contributed by atoms with Crippen LogP contribution in [0.5, 0.6) is 0 Å². The lowest BCUT2D eigenvalue weighted by Crippen LogP contribution is -1.87. The zero-order valence-corrected chi connectivity index (χ0v) is 10.3. The highest BCUT2D eigenvalue weighted by molar-refractivity contribution is 6.43. The first-order valence-corrected chi connectivity index (χ1v) is 5.46. The van der Waals surface area contributed by atoms with Crippen LogP contribution >= 0.6 is 23.2 Å². The number of hydrogen-bond donors (Lipinski definition) is 1. The van der Waals surface area contributed by atoms with Gasteiger partial charge in [-0.1, -0.05) is 39.6 Å². The first-order chi connectivity index (χ1) is 8.16. The number of nitrogens with one attached hydrogen (secondary N) is 1. The van der Waals surface area contributed by atoms with Crippen LogP contribution in [0, 0.1) is 6.92 Å². The van der Waals surface area contributed by atoms with Gasteiger partial charge in [-0.2, -0.15) is 0 Å². The standard InChI is InChI=1S/C10H8Cl2N4O/c1-6-5-9(15-17-6)14-16-13-8-4-2-3-7(11)10(8)12/h2-5H,1H3,(H,13,14,15). The molecule has 1 N–H and O–H groups in total. The summed E-state index contributed by atoms with van der Waals surface area (Å²) in [7, 11) is 0. The van der Waals surface area contributed by atoms with Crippen molar-refractivity contribution in [3.63, 3.8) is 0 Å². The van der Waals surface area contributed by atoms with E-state index in [9.17, 15) is 0 Å². The minimum atomic E-state index is 0.383. The third-order valence-corrected chi connectivity index (χ3v) is 2.71. The highest BCUT2D eigenvalue weighted by atomic mass is 35.5. The molecule has 88 valence electrons. The minimum Gasteiger partial charge on any atom is -0.359 e. The molecular weight excluding hydrogens is 263 g/mol. The van der Waals surface area contributed by atoms with Crippen LogP contribution in [0.25, 0.3) is 0 Å². The molecule has 0 amide bonds. The van der Waals surface area contributed by atoms with Crippen LogP contribution in [0.2, 0.25) is 10.0 Å². The number of aryl methyl sites for hydroxylation is 1. The molecule has 0 aliphatic carbocycles. The van der Waals surface area contributed by atoms with Gasteiger partial charge in [0.25, 0.3) is 0 Å². The summed E-state index contributed by atoms with van der Waals surface area (Å²) in [6.45, 7) is 1.77. The van der Waals surface area contributed by atoms with E-state index in [2.05, 4.69) is 20.9 Å². The number of halogens is 2. The predicted octanol–water partition coefficient (Wildman–Crippen LogP) is 4.40. The van der Waals surface area contributed by atoms with E-state index in [1.54, 1.807) is 31.2 Å². The lowest BCUT2D eigenvalue weighted by molar-refractivity contribution is 0.399. The molecule has 1 aromatic heterocycles. The Balaban J connectivity index is 2.07. The van der Waals surface area contributed by atoms with Crippen LogP contribution in [0.15, 0.2) is 39.1 Å². The van der Waals surface area contributed by atoms with Crippen molar-refractivity contribution in [2.45, 2.75) is 6.92 Å². The van der Waals surface area contributed by atoms with Crippen molar-refractivity contribution in [1.82, 2.24) is 5.16 Å². The average molecular weight is 271 g/mol. The summed E-state index contributed by atoms with van der Waals surface area (Å²) in [5.74, 6) is 1.05. The Morgan fingerprint density at radius 1 is 1.35 bits per heavy atom. The fourth-order valence-corrected chi connectivity index (χ4v) is 1.46. The lowest BCUT2D eigenvalue weighted by Gasteiger charge is -2.02. The zero-order chi connectivity index (χ0) is 12.3. The molecule has 1 heterocycles. The lowest BCUT2D eigenvalue weighted by atomic mass is 10.3. The number of rotatable bonds is 3. The molecule has 5 nitrogen and oxygen atoms in total. The van der Waals surface area contributed by atoms with E-state index in [-0.39, 0.29) is 0 Å². The van der Waals surface area contributed by atoms with Crippen LogP contribution < -0.4 is 5.43 Å². The van der Waals surface area contributed by atoms with Crippen LogP contribution in [-0.4, -0.2) is 5.16 Å². The number of benzene rings is 1. The van der Waals surface area contributed by atoms with Gasteiger partial charge in [-0.3, -0.25) is 5.43 Å². The van der Waals surface area contributed by atoms with Gasteiger partial charge in [0.15, 0.2) is 0 Å². The van der Waals surface area contributed by atoms with E-state index in [4.69, 9.17) is 27.7 Å². The van der Waals surface area contributed by atoms with Crippen molar-refractivity contribution >= 4 is 34.7 Å². The van der Waals surface area contributed by atoms with Gasteiger partial charge in [0.1, 0.15) is 5.76 Å². The summed E-state index contributed by atoms with van der Waals surface area (Å²) < 4.78 is 4.83. The fourth-order valence-electron chi connectivity index (χ4n) is 1.12. The monoisotopic (exact) mass is 270 g/mol. The second kappa shape index (κ2) is 5.16. The second-order valence-electron chi connectivity index (χ2n) is 3.21. The van der Waals surface area contributed by atoms with E-state index in [0.717, 1.165) is 0 Å². The molecule has 0 radical (unpaired) electrons. The predicted molar refractivity (Wildman–Crippen MR) is 65.8 cm³/mol. The molecule has 0 saturated carbocycles. The molecule has 17 heavy (non-hydrogen) atoms. The van der Waals surface area contributed by atoms with Crippen molar-refractivity contribution < 1.29 is 4.52 Å². The molecule has 0 unspecified atom stereocenters. The first-order valence-electron chi connectivity index (χ1n) is 4.71. The Bertz CT molecular complexity index is 553. The van der Waals surface area contributed by atoms with Crippen LogP contribution in [0.1, 0.15) is 5.76 Å². The average Bonchev–Trinajstić information content (AvgIpc) is 2.70.